The fraction of sp³-hybridized carbons (Fsp3) is 0.222. The van der Waals surface area contributed by atoms with Crippen LogP contribution >= 0.6 is 22.6 Å². The molecule has 0 radical (unpaired) electrons. The number of ether oxygens (including phenoxy) is 3. The second-order valence-electron chi connectivity index (χ2n) is 4.86. The fourth-order valence-corrected chi connectivity index (χ4v) is 2.72. The first-order valence-corrected chi connectivity index (χ1v) is 8.72. The first-order chi connectivity index (χ1) is 12.1. The second kappa shape index (κ2) is 9.87. The molecule has 0 fully saturated rings. The Labute approximate surface area is 160 Å². The van der Waals surface area contributed by atoms with E-state index in [2.05, 4.69) is 33.1 Å². The van der Waals surface area contributed by atoms with Gasteiger partial charge in [-0.25, -0.2) is 5.43 Å². The summed E-state index contributed by atoms with van der Waals surface area (Å²) >= 11 is 2.17. The zero-order valence-corrected chi connectivity index (χ0v) is 16.1. The molecule has 25 heavy (non-hydrogen) atoms. The molecule has 0 saturated carbocycles. The van der Waals surface area contributed by atoms with Gasteiger partial charge in [-0.05, 0) is 65.4 Å². The van der Waals surface area contributed by atoms with Gasteiger partial charge >= 0.3 is 0 Å². The van der Waals surface area contributed by atoms with Gasteiger partial charge in [0.05, 0.1) is 23.5 Å². The lowest BCUT2D eigenvalue weighted by Crippen LogP contribution is -2.24. The monoisotopic (exact) mass is 454 g/mol. The summed E-state index contributed by atoms with van der Waals surface area (Å²) < 4.78 is 17.1. The Bertz CT molecular complexity index is 750. The van der Waals surface area contributed by atoms with E-state index in [9.17, 15) is 4.79 Å². The highest BCUT2D eigenvalue weighted by Crippen LogP contribution is 2.26. The summed E-state index contributed by atoms with van der Waals surface area (Å²) in [6.45, 7) is 2.26. The highest BCUT2D eigenvalue weighted by atomic mass is 127. The predicted octanol–water partition coefficient (Wildman–Crippen LogP) is 3.23. The summed E-state index contributed by atoms with van der Waals surface area (Å²) in [5.41, 5.74) is 3.29. The van der Waals surface area contributed by atoms with Gasteiger partial charge in [0.25, 0.3) is 5.91 Å². The smallest absolute Gasteiger partial charge is 0.277 e. The number of hydrogen-bond donors (Lipinski definition) is 1. The SMILES string of the molecule is CCOc1ccccc1OCC(=O)N/N=C/c1ccc(OC)c(I)c1. The van der Waals surface area contributed by atoms with Gasteiger partial charge in [-0.1, -0.05) is 12.1 Å². The molecule has 7 heteroatoms. The highest BCUT2D eigenvalue weighted by Gasteiger charge is 2.06. The van der Waals surface area contributed by atoms with Crippen LogP contribution in [-0.2, 0) is 4.79 Å². The highest BCUT2D eigenvalue weighted by molar-refractivity contribution is 14.1. The first-order valence-electron chi connectivity index (χ1n) is 7.64. The van der Waals surface area contributed by atoms with Gasteiger partial charge in [-0.15, -0.1) is 0 Å². The van der Waals surface area contributed by atoms with Crippen LogP contribution < -0.4 is 19.6 Å². The lowest BCUT2D eigenvalue weighted by molar-refractivity contribution is -0.123. The minimum absolute atomic E-state index is 0.151. The third-order valence-electron chi connectivity index (χ3n) is 3.09. The van der Waals surface area contributed by atoms with Gasteiger partial charge in [0.15, 0.2) is 18.1 Å². The summed E-state index contributed by atoms with van der Waals surface area (Å²) in [6, 6.07) is 12.8. The van der Waals surface area contributed by atoms with Crippen LogP contribution in [0.1, 0.15) is 12.5 Å². The largest absolute Gasteiger partial charge is 0.496 e. The molecule has 2 aromatic rings. The lowest BCUT2D eigenvalue weighted by Gasteiger charge is -2.10. The van der Waals surface area contributed by atoms with Crippen molar-refractivity contribution in [1.29, 1.82) is 0 Å². The Kier molecular flexibility index (Phi) is 7.52. The molecule has 2 rings (SSSR count). The third-order valence-corrected chi connectivity index (χ3v) is 3.93. The summed E-state index contributed by atoms with van der Waals surface area (Å²) in [5, 5.41) is 3.93. The fourth-order valence-electron chi connectivity index (χ4n) is 1.96. The van der Waals surface area contributed by atoms with Gasteiger partial charge in [0.2, 0.25) is 0 Å². The standard InChI is InChI=1S/C18H19IN2O4/c1-3-24-16-6-4-5-7-17(16)25-12-18(22)21-20-11-13-8-9-15(23-2)14(19)10-13/h4-11H,3,12H2,1-2H3,(H,21,22)/b20-11+. The molecule has 0 aliphatic rings. The van der Waals surface area contributed by atoms with Crippen molar-refractivity contribution in [2.45, 2.75) is 6.92 Å². The lowest BCUT2D eigenvalue weighted by atomic mass is 10.2. The molecule has 0 spiro atoms. The number of rotatable bonds is 8. The number of hydrogen-bond acceptors (Lipinski definition) is 5. The predicted molar refractivity (Wildman–Crippen MR) is 105 cm³/mol. The van der Waals surface area contributed by atoms with Crippen molar-refractivity contribution in [2.24, 2.45) is 5.10 Å². The van der Waals surface area contributed by atoms with Crippen molar-refractivity contribution >= 4 is 34.7 Å². The summed E-state index contributed by atoms with van der Waals surface area (Å²) in [5.74, 6) is 1.57. The summed E-state index contributed by atoms with van der Waals surface area (Å²) in [4.78, 5) is 11.8. The molecule has 0 saturated heterocycles. The molecule has 0 aromatic heterocycles. The minimum Gasteiger partial charge on any atom is -0.496 e. The zero-order chi connectivity index (χ0) is 18.1. The number of carbonyl (C=O) groups excluding carboxylic acids is 1. The van der Waals surface area contributed by atoms with Crippen molar-refractivity contribution in [2.75, 3.05) is 20.3 Å². The van der Waals surface area contributed by atoms with Gasteiger partial charge in [0, 0.05) is 0 Å². The number of para-hydroxylation sites is 2. The van der Waals surface area contributed by atoms with Crippen LogP contribution in [0.4, 0.5) is 0 Å². The van der Waals surface area contributed by atoms with Crippen LogP contribution in [0.2, 0.25) is 0 Å². The number of nitrogens with one attached hydrogen (secondary N) is 1. The normalized spacial score (nSPS) is 10.5. The molecule has 0 bridgehead atoms. The van der Waals surface area contributed by atoms with Crippen LogP contribution in [0.5, 0.6) is 17.2 Å². The maximum absolute atomic E-state index is 11.8. The van der Waals surface area contributed by atoms with Crippen LogP contribution in [0.15, 0.2) is 47.6 Å². The van der Waals surface area contributed by atoms with Gasteiger partial charge in [0.1, 0.15) is 5.75 Å². The van der Waals surface area contributed by atoms with E-state index in [1.165, 1.54) is 0 Å². The van der Waals surface area contributed by atoms with Crippen molar-refractivity contribution in [3.05, 3.63) is 51.6 Å². The Hall–Kier alpha value is -2.29. The maximum atomic E-state index is 11.8. The van der Waals surface area contributed by atoms with Gasteiger partial charge in [-0.2, -0.15) is 5.10 Å². The van der Waals surface area contributed by atoms with Crippen molar-refractivity contribution < 1.29 is 19.0 Å². The van der Waals surface area contributed by atoms with E-state index in [0.29, 0.717) is 18.1 Å². The molecule has 1 amide bonds. The van der Waals surface area contributed by atoms with E-state index in [1.807, 2.05) is 37.3 Å². The average molecular weight is 454 g/mol. The van der Waals surface area contributed by atoms with E-state index in [4.69, 9.17) is 14.2 Å². The Morgan fingerprint density at radius 1 is 1.16 bits per heavy atom. The van der Waals surface area contributed by atoms with Crippen LogP contribution in [0.3, 0.4) is 0 Å². The molecule has 0 unspecified atom stereocenters. The van der Waals surface area contributed by atoms with E-state index >= 15 is 0 Å². The molecular formula is C18H19IN2O4. The molecular weight excluding hydrogens is 435 g/mol. The van der Waals surface area contributed by atoms with E-state index in [-0.39, 0.29) is 12.5 Å². The van der Waals surface area contributed by atoms with Crippen molar-refractivity contribution in [3.8, 4) is 17.2 Å². The van der Waals surface area contributed by atoms with Crippen molar-refractivity contribution in [1.82, 2.24) is 5.43 Å². The number of methoxy groups -OCH3 is 1. The Balaban J connectivity index is 1.85. The molecule has 2 aromatic carbocycles. The van der Waals surface area contributed by atoms with Crippen molar-refractivity contribution in [3.63, 3.8) is 0 Å². The molecule has 132 valence electrons. The molecule has 0 aliphatic heterocycles. The number of nitrogens with zero attached hydrogens (tertiary/aromatic N) is 1. The van der Waals surface area contributed by atoms with Gasteiger partial charge in [-0.3, -0.25) is 4.79 Å². The average Bonchev–Trinajstić information content (AvgIpc) is 2.61. The van der Waals surface area contributed by atoms with Crippen LogP contribution in [0.25, 0.3) is 0 Å². The topological polar surface area (TPSA) is 69.2 Å². The number of halogens is 1. The molecule has 1 N–H and O–H groups in total. The zero-order valence-electron chi connectivity index (χ0n) is 14.0. The summed E-state index contributed by atoms with van der Waals surface area (Å²) in [6.07, 6.45) is 1.56. The number of benzene rings is 2. The summed E-state index contributed by atoms with van der Waals surface area (Å²) in [7, 11) is 1.62. The molecule has 0 heterocycles. The Morgan fingerprint density at radius 2 is 1.88 bits per heavy atom. The minimum atomic E-state index is -0.356. The number of hydrazone groups is 1. The second-order valence-corrected chi connectivity index (χ2v) is 6.02. The maximum Gasteiger partial charge on any atom is 0.277 e. The first kappa shape index (κ1) is 19.0. The molecule has 6 nitrogen and oxygen atoms in total. The third kappa shape index (κ3) is 5.93. The van der Waals surface area contributed by atoms with Gasteiger partial charge < -0.3 is 14.2 Å². The Morgan fingerprint density at radius 3 is 2.52 bits per heavy atom. The van der Waals surface area contributed by atoms with E-state index in [1.54, 1.807) is 25.5 Å². The quantitative estimate of drug-likeness (QED) is 0.378. The van der Waals surface area contributed by atoms with E-state index in [0.717, 1.165) is 14.9 Å². The van der Waals surface area contributed by atoms with E-state index < -0.39 is 0 Å². The van der Waals surface area contributed by atoms with Crippen LogP contribution in [-0.4, -0.2) is 32.4 Å². The number of amides is 1. The number of carbonyl (C=O) groups is 1. The molecule has 0 aliphatic carbocycles. The molecule has 0 atom stereocenters. The van der Waals surface area contributed by atoms with Crippen LogP contribution in [0, 0.1) is 3.57 Å².